The Labute approximate surface area is 124 Å². The molecule has 1 aliphatic rings. The van der Waals surface area contributed by atoms with Crippen LogP contribution in [-0.4, -0.2) is 33.3 Å². The molecule has 4 nitrogen and oxygen atoms in total. The molecule has 0 atom stereocenters. The van der Waals surface area contributed by atoms with Gasteiger partial charge in [0.1, 0.15) is 0 Å². The lowest BCUT2D eigenvalue weighted by molar-refractivity contribution is 0.441. The van der Waals surface area contributed by atoms with Crippen LogP contribution in [-0.2, 0) is 0 Å². The van der Waals surface area contributed by atoms with E-state index in [1.807, 2.05) is 18.2 Å². The van der Waals surface area contributed by atoms with E-state index in [0.717, 1.165) is 34.7 Å². The van der Waals surface area contributed by atoms with Crippen molar-refractivity contribution in [3.63, 3.8) is 0 Å². The Kier molecular flexibility index (Phi) is 4.06. The van der Waals surface area contributed by atoms with Crippen LogP contribution in [0.4, 0.5) is 5.69 Å². The van der Waals surface area contributed by atoms with E-state index in [2.05, 4.69) is 20.4 Å². The number of rotatable bonds is 1. The Morgan fingerprint density at radius 1 is 1.05 bits per heavy atom. The summed E-state index contributed by atoms with van der Waals surface area (Å²) in [6.07, 6.45) is 8.62. The van der Waals surface area contributed by atoms with Crippen LogP contribution in [0.15, 0.2) is 30.6 Å². The lowest BCUT2D eigenvalue weighted by Gasteiger charge is -2.24. The number of hydrogen-bond donors (Lipinski definition) is 1. The van der Waals surface area contributed by atoms with Crippen LogP contribution in [0.1, 0.15) is 25.7 Å². The molecule has 1 aliphatic heterocycles. The van der Waals surface area contributed by atoms with Crippen molar-refractivity contribution in [2.45, 2.75) is 25.7 Å². The number of fused-ring (bicyclic) bond motifs is 1. The molecule has 1 aromatic carbocycles. The van der Waals surface area contributed by atoms with Crippen molar-refractivity contribution in [1.82, 2.24) is 15.1 Å². The van der Waals surface area contributed by atoms with E-state index < -0.39 is 0 Å². The van der Waals surface area contributed by atoms with Gasteiger partial charge in [0.25, 0.3) is 0 Å². The summed E-state index contributed by atoms with van der Waals surface area (Å²) >= 11 is 5.56. The highest BCUT2D eigenvalue weighted by atomic mass is 32.1. The predicted octanol–water partition coefficient (Wildman–Crippen LogP) is 3.20. The second-order valence-corrected chi connectivity index (χ2v) is 5.52. The highest BCUT2D eigenvalue weighted by molar-refractivity contribution is 7.80. The molecule has 3 rings (SSSR count). The zero-order valence-electron chi connectivity index (χ0n) is 11.4. The number of aromatic nitrogens is 2. The monoisotopic (exact) mass is 286 g/mol. The number of hydrogen-bond acceptors (Lipinski definition) is 3. The van der Waals surface area contributed by atoms with E-state index in [-0.39, 0.29) is 0 Å². The van der Waals surface area contributed by atoms with Gasteiger partial charge in [-0.25, -0.2) is 0 Å². The maximum absolute atomic E-state index is 5.56. The summed E-state index contributed by atoms with van der Waals surface area (Å²) in [4.78, 5) is 2.27. The van der Waals surface area contributed by atoms with Gasteiger partial charge in [-0.1, -0.05) is 25.0 Å². The highest BCUT2D eigenvalue weighted by Crippen LogP contribution is 2.22. The molecule has 5 heteroatoms. The summed E-state index contributed by atoms with van der Waals surface area (Å²) in [5, 5.41) is 14.2. The minimum atomic E-state index is 0.816. The third-order valence-electron chi connectivity index (χ3n) is 3.73. The van der Waals surface area contributed by atoms with Gasteiger partial charge in [0.2, 0.25) is 0 Å². The number of anilines is 1. The van der Waals surface area contributed by atoms with E-state index in [0.29, 0.717) is 0 Å². The third-order valence-corrected chi connectivity index (χ3v) is 4.09. The maximum atomic E-state index is 5.56. The van der Waals surface area contributed by atoms with Crippen LogP contribution in [0, 0.1) is 0 Å². The van der Waals surface area contributed by atoms with Crippen molar-refractivity contribution in [2.75, 3.05) is 18.4 Å². The maximum Gasteiger partial charge on any atom is 0.173 e. The first-order valence-corrected chi connectivity index (χ1v) is 7.51. The largest absolute Gasteiger partial charge is 0.349 e. The van der Waals surface area contributed by atoms with Crippen molar-refractivity contribution >= 4 is 33.8 Å². The minimum Gasteiger partial charge on any atom is -0.349 e. The average Bonchev–Trinajstić information content (AvgIpc) is 2.77. The van der Waals surface area contributed by atoms with Gasteiger partial charge in [-0.2, -0.15) is 10.2 Å². The van der Waals surface area contributed by atoms with Crippen molar-refractivity contribution in [1.29, 1.82) is 0 Å². The van der Waals surface area contributed by atoms with Crippen molar-refractivity contribution in [3.05, 3.63) is 30.6 Å². The number of nitrogens with one attached hydrogen (secondary N) is 1. The number of benzene rings is 1. The molecule has 1 saturated heterocycles. The van der Waals surface area contributed by atoms with Crippen molar-refractivity contribution in [3.8, 4) is 0 Å². The molecule has 1 fully saturated rings. The Balaban J connectivity index is 1.80. The van der Waals surface area contributed by atoms with E-state index in [9.17, 15) is 0 Å². The van der Waals surface area contributed by atoms with Gasteiger partial charge in [-0.15, -0.1) is 0 Å². The fraction of sp³-hybridized carbons (Fsp3) is 0.400. The van der Waals surface area contributed by atoms with E-state index in [1.54, 1.807) is 12.4 Å². The van der Waals surface area contributed by atoms with Gasteiger partial charge in [0.15, 0.2) is 5.11 Å². The van der Waals surface area contributed by atoms with Gasteiger partial charge in [0.05, 0.1) is 12.4 Å². The number of nitrogens with zero attached hydrogens (tertiary/aromatic N) is 3. The van der Waals surface area contributed by atoms with Crippen LogP contribution >= 0.6 is 12.2 Å². The lowest BCUT2D eigenvalue weighted by Crippen LogP contribution is -2.35. The van der Waals surface area contributed by atoms with Gasteiger partial charge in [-0.3, -0.25) is 0 Å². The first kappa shape index (κ1) is 13.2. The first-order valence-electron chi connectivity index (χ1n) is 7.10. The Hall–Kier alpha value is -1.75. The summed E-state index contributed by atoms with van der Waals surface area (Å²) in [6.45, 7) is 2.10. The topological polar surface area (TPSA) is 41.1 Å². The molecule has 0 aliphatic carbocycles. The fourth-order valence-corrected chi connectivity index (χ4v) is 2.90. The second kappa shape index (κ2) is 6.13. The lowest BCUT2D eigenvalue weighted by atomic mass is 10.2. The molecule has 0 unspecified atom stereocenters. The summed E-state index contributed by atoms with van der Waals surface area (Å²) in [7, 11) is 0. The highest BCUT2D eigenvalue weighted by Gasteiger charge is 2.13. The zero-order chi connectivity index (χ0) is 13.8. The zero-order valence-corrected chi connectivity index (χ0v) is 12.2. The molecule has 20 heavy (non-hydrogen) atoms. The Morgan fingerprint density at radius 2 is 1.80 bits per heavy atom. The average molecular weight is 286 g/mol. The van der Waals surface area contributed by atoms with Crippen molar-refractivity contribution in [2.24, 2.45) is 0 Å². The molecule has 1 aromatic heterocycles. The van der Waals surface area contributed by atoms with E-state index in [4.69, 9.17) is 12.2 Å². The smallest absolute Gasteiger partial charge is 0.173 e. The van der Waals surface area contributed by atoms with Gasteiger partial charge < -0.3 is 10.2 Å². The molecule has 0 radical (unpaired) electrons. The summed E-state index contributed by atoms with van der Waals surface area (Å²) in [5.74, 6) is 0. The standard InChI is InChI=1S/C15H18N4S/c20-15(19-8-3-1-2-4-9-19)18-14-7-5-6-12-10-16-17-11-13(12)14/h5-7,10-11H,1-4,8-9H2,(H,18,20). The molecular weight excluding hydrogens is 268 g/mol. The minimum absolute atomic E-state index is 0.816. The van der Waals surface area contributed by atoms with Gasteiger partial charge in [0, 0.05) is 29.5 Å². The quantitative estimate of drug-likeness (QED) is 0.815. The normalized spacial score (nSPS) is 15.9. The molecule has 2 heterocycles. The second-order valence-electron chi connectivity index (χ2n) is 5.13. The van der Waals surface area contributed by atoms with Gasteiger partial charge >= 0.3 is 0 Å². The number of likely N-dealkylation sites (tertiary alicyclic amines) is 1. The molecule has 0 spiro atoms. The molecule has 0 saturated carbocycles. The first-order chi connectivity index (χ1) is 9.84. The SMILES string of the molecule is S=C(Nc1cccc2cnncc12)N1CCCCCC1. The summed E-state index contributed by atoms with van der Waals surface area (Å²) in [5.41, 5.74) is 1.01. The van der Waals surface area contributed by atoms with Crippen LogP contribution in [0.5, 0.6) is 0 Å². The molecule has 1 N–H and O–H groups in total. The van der Waals surface area contributed by atoms with Crippen LogP contribution in [0.3, 0.4) is 0 Å². The van der Waals surface area contributed by atoms with Crippen LogP contribution < -0.4 is 5.32 Å². The third kappa shape index (κ3) is 2.88. The molecule has 0 amide bonds. The summed E-state index contributed by atoms with van der Waals surface area (Å²) < 4.78 is 0. The molecular formula is C15H18N4S. The van der Waals surface area contributed by atoms with Gasteiger partial charge in [-0.05, 0) is 31.1 Å². The summed E-state index contributed by atoms with van der Waals surface area (Å²) in [6, 6.07) is 6.08. The Bertz CT molecular complexity index is 600. The van der Waals surface area contributed by atoms with Crippen LogP contribution in [0.25, 0.3) is 10.8 Å². The van der Waals surface area contributed by atoms with Crippen LogP contribution in [0.2, 0.25) is 0 Å². The van der Waals surface area contributed by atoms with Crippen molar-refractivity contribution < 1.29 is 0 Å². The molecule has 2 aromatic rings. The predicted molar refractivity (Wildman–Crippen MR) is 85.8 cm³/mol. The van der Waals surface area contributed by atoms with E-state index >= 15 is 0 Å². The van der Waals surface area contributed by atoms with E-state index in [1.165, 1.54) is 25.7 Å². The fourth-order valence-electron chi connectivity index (χ4n) is 2.60. The molecule has 104 valence electrons. The Morgan fingerprint density at radius 3 is 2.60 bits per heavy atom. The molecule has 0 bridgehead atoms. The number of thiocarbonyl (C=S) groups is 1.